The van der Waals surface area contributed by atoms with E-state index in [9.17, 15) is 9.18 Å². The summed E-state index contributed by atoms with van der Waals surface area (Å²) in [5.41, 5.74) is 2.59. The van der Waals surface area contributed by atoms with E-state index in [2.05, 4.69) is 15.4 Å². The van der Waals surface area contributed by atoms with Crippen molar-refractivity contribution in [2.45, 2.75) is 0 Å². The molecular weight excluding hydrogens is 389 g/mol. The fraction of sp³-hybridized carbons (Fsp3) is 0. The van der Waals surface area contributed by atoms with E-state index in [0.29, 0.717) is 17.1 Å². The zero-order chi connectivity index (χ0) is 19.8. The van der Waals surface area contributed by atoms with Gasteiger partial charge >= 0.3 is 0 Å². The van der Waals surface area contributed by atoms with Crippen molar-refractivity contribution in [1.29, 1.82) is 0 Å². The number of carbonyl (C=O) groups is 1. The maximum atomic E-state index is 13.3. The van der Waals surface area contributed by atoms with Gasteiger partial charge in [0.15, 0.2) is 4.96 Å². The average Bonchev–Trinajstić information content (AvgIpc) is 3.47. The molecule has 0 aliphatic carbocycles. The van der Waals surface area contributed by atoms with Crippen molar-refractivity contribution >= 4 is 28.0 Å². The minimum Gasteiger partial charge on any atom is -0.306 e. The molecule has 5 aromatic rings. The molecule has 0 fully saturated rings. The molecule has 0 radical (unpaired) electrons. The third-order valence-corrected chi connectivity index (χ3v) is 5.23. The number of aromatic nitrogens is 4. The number of imidazole rings is 1. The van der Waals surface area contributed by atoms with Crippen LogP contribution in [0.15, 0.2) is 78.6 Å². The average molecular weight is 403 g/mol. The molecule has 6 nitrogen and oxygen atoms in total. The van der Waals surface area contributed by atoms with Gasteiger partial charge < -0.3 is 5.32 Å². The number of benzene rings is 2. The van der Waals surface area contributed by atoms with Crippen LogP contribution >= 0.6 is 11.3 Å². The molecule has 29 heavy (non-hydrogen) atoms. The Hall–Kier alpha value is -3.78. The molecule has 3 heterocycles. The Bertz CT molecular complexity index is 1300. The van der Waals surface area contributed by atoms with E-state index < -0.39 is 0 Å². The number of carbonyl (C=O) groups excluding carboxylic acids is 1. The molecule has 0 atom stereocenters. The van der Waals surface area contributed by atoms with Crippen LogP contribution in [0.4, 0.5) is 10.2 Å². The van der Waals surface area contributed by atoms with Crippen LogP contribution in [0.3, 0.4) is 0 Å². The van der Waals surface area contributed by atoms with Gasteiger partial charge in [-0.15, -0.1) is 11.3 Å². The first-order valence-corrected chi connectivity index (χ1v) is 9.70. The molecular formula is C21H14FN5OS. The first-order chi connectivity index (χ1) is 14.2. The largest absolute Gasteiger partial charge is 0.306 e. The van der Waals surface area contributed by atoms with Gasteiger partial charge in [0, 0.05) is 23.3 Å². The monoisotopic (exact) mass is 403 g/mol. The van der Waals surface area contributed by atoms with E-state index in [0.717, 1.165) is 16.2 Å². The lowest BCUT2D eigenvalue weighted by atomic mass is 10.1. The second-order valence-corrected chi connectivity index (χ2v) is 7.21. The molecule has 5 rings (SSSR count). The number of nitrogens with one attached hydrogen (secondary N) is 1. The van der Waals surface area contributed by atoms with Gasteiger partial charge in [0.2, 0.25) is 0 Å². The van der Waals surface area contributed by atoms with E-state index in [1.54, 1.807) is 23.0 Å². The Balaban J connectivity index is 1.49. The van der Waals surface area contributed by atoms with Crippen LogP contribution < -0.4 is 5.32 Å². The summed E-state index contributed by atoms with van der Waals surface area (Å²) in [6.07, 6.45) is 5.03. The number of fused-ring (bicyclic) bond motifs is 1. The van der Waals surface area contributed by atoms with Crippen LogP contribution in [-0.2, 0) is 0 Å². The summed E-state index contributed by atoms with van der Waals surface area (Å²) >= 11 is 1.45. The lowest BCUT2D eigenvalue weighted by Crippen LogP contribution is -2.13. The SMILES string of the molecule is O=C(Nc1c(-c2ccc(F)cc2)nc2sccn12)c1cnn(-c2ccccc2)c1. The van der Waals surface area contributed by atoms with Gasteiger partial charge in [-0.3, -0.25) is 9.20 Å². The zero-order valence-corrected chi connectivity index (χ0v) is 15.8. The topological polar surface area (TPSA) is 64.2 Å². The molecule has 0 bridgehead atoms. The van der Waals surface area contributed by atoms with Gasteiger partial charge in [-0.05, 0) is 36.4 Å². The quantitative estimate of drug-likeness (QED) is 0.475. The molecule has 0 saturated heterocycles. The summed E-state index contributed by atoms with van der Waals surface area (Å²) in [7, 11) is 0. The summed E-state index contributed by atoms with van der Waals surface area (Å²) in [4.78, 5) is 18.2. The van der Waals surface area contributed by atoms with Gasteiger partial charge in [0.05, 0.1) is 17.4 Å². The third-order valence-electron chi connectivity index (χ3n) is 4.48. The van der Waals surface area contributed by atoms with Crippen molar-refractivity contribution in [1.82, 2.24) is 19.2 Å². The molecule has 1 amide bonds. The lowest BCUT2D eigenvalue weighted by molar-refractivity contribution is 0.102. The zero-order valence-electron chi connectivity index (χ0n) is 15.0. The summed E-state index contributed by atoms with van der Waals surface area (Å²) < 4.78 is 16.8. The third kappa shape index (κ3) is 3.19. The van der Waals surface area contributed by atoms with Crippen LogP contribution in [0.25, 0.3) is 21.9 Å². The Morgan fingerprint density at radius 3 is 2.66 bits per heavy atom. The van der Waals surface area contributed by atoms with Crippen LogP contribution in [0, 0.1) is 5.82 Å². The van der Waals surface area contributed by atoms with Crippen molar-refractivity contribution in [3.63, 3.8) is 0 Å². The highest BCUT2D eigenvalue weighted by molar-refractivity contribution is 7.15. The molecule has 0 saturated carbocycles. The maximum absolute atomic E-state index is 13.3. The Morgan fingerprint density at radius 2 is 1.86 bits per heavy atom. The minimum atomic E-state index is -0.325. The van der Waals surface area contributed by atoms with Crippen LogP contribution in [0.5, 0.6) is 0 Å². The highest BCUT2D eigenvalue weighted by Gasteiger charge is 2.19. The number of nitrogens with zero attached hydrogens (tertiary/aromatic N) is 4. The van der Waals surface area contributed by atoms with E-state index in [1.807, 2.05) is 46.3 Å². The molecule has 0 aliphatic heterocycles. The summed E-state index contributed by atoms with van der Waals surface area (Å²) in [5, 5.41) is 9.10. The van der Waals surface area contributed by atoms with Gasteiger partial charge in [-0.1, -0.05) is 18.2 Å². The standard InChI is InChI=1S/C21H14FN5OS/c22-16-8-6-14(7-9-16)18-19(26-10-11-29-21(26)24-18)25-20(28)15-12-23-27(13-15)17-4-2-1-3-5-17/h1-13H,(H,25,28). The van der Waals surface area contributed by atoms with Gasteiger partial charge in [-0.2, -0.15) is 5.10 Å². The predicted molar refractivity (Wildman–Crippen MR) is 110 cm³/mol. The van der Waals surface area contributed by atoms with E-state index >= 15 is 0 Å². The van der Waals surface area contributed by atoms with Crippen LogP contribution in [-0.4, -0.2) is 25.1 Å². The number of para-hydroxylation sites is 1. The molecule has 8 heteroatoms. The van der Waals surface area contributed by atoms with Crippen molar-refractivity contribution in [3.8, 4) is 16.9 Å². The molecule has 3 aromatic heterocycles. The number of hydrogen-bond donors (Lipinski definition) is 1. The first-order valence-electron chi connectivity index (χ1n) is 8.82. The molecule has 142 valence electrons. The Morgan fingerprint density at radius 1 is 1.07 bits per heavy atom. The summed E-state index contributed by atoms with van der Waals surface area (Å²) in [5.74, 6) is -0.0949. The highest BCUT2D eigenvalue weighted by atomic mass is 32.1. The number of hydrogen-bond acceptors (Lipinski definition) is 4. The van der Waals surface area contributed by atoms with Crippen LogP contribution in [0.1, 0.15) is 10.4 Å². The summed E-state index contributed by atoms with van der Waals surface area (Å²) in [6.45, 7) is 0. The number of amides is 1. The smallest absolute Gasteiger partial charge is 0.260 e. The number of anilines is 1. The highest BCUT2D eigenvalue weighted by Crippen LogP contribution is 2.31. The van der Waals surface area contributed by atoms with Crippen molar-refractivity contribution in [2.75, 3.05) is 5.32 Å². The van der Waals surface area contributed by atoms with Crippen molar-refractivity contribution in [2.24, 2.45) is 0 Å². The van der Waals surface area contributed by atoms with E-state index in [-0.39, 0.29) is 11.7 Å². The number of halogens is 1. The Labute approximate surface area is 168 Å². The van der Waals surface area contributed by atoms with E-state index in [1.165, 1.54) is 29.7 Å². The van der Waals surface area contributed by atoms with Crippen molar-refractivity contribution < 1.29 is 9.18 Å². The fourth-order valence-corrected chi connectivity index (χ4v) is 3.77. The lowest BCUT2D eigenvalue weighted by Gasteiger charge is -2.06. The first kappa shape index (κ1) is 17.3. The van der Waals surface area contributed by atoms with E-state index in [4.69, 9.17) is 0 Å². The number of rotatable bonds is 4. The van der Waals surface area contributed by atoms with Gasteiger partial charge in [0.25, 0.3) is 5.91 Å². The number of thiazole rings is 1. The van der Waals surface area contributed by atoms with Crippen molar-refractivity contribution in [3.05, 3.63) is 89.9 Å². The van der Waals surface area contributed by atoms with Gasteiger partial charge in [0.1, 0.15) is 17.3 Å². The Kier molecular flexibility index (Phi) is 4.18. The predicted octanol–water partition coefficient (Wildman–Crippen LogP) is 4.64. The molecule has 0 spiro atoms. The van der Waals surface area contributed by atoms with Crippen LogP contribution in [0.2, 0.25) is 0 Å². The molecule has 1 N–H and O–H groups in total. The van der Waals surface area contributed by atoms with Gasteiger partial charge in [-0.25, -0.2) is 14.1 Å². The second-order valence-electron chi connectivity index (χ2n) is 6.33. The maximum Gasteiger partial charge on any atom is 0.260 e. The summed E-state index contributed by atoms with van der Waals surface area (Å²) in [6, 6.07) is 15.6. The molecule has 0 unspecified atom stereocenters. The normalized spacial score (nSPS) is 11.1. The fourth-order valence-electron chi connectivity index (χ4n) is 3.06. The minimum absolute atomic E-state index is 0.302. The molecule has 2 aromatic carbocycles. The second kappa shape index (κ2) is 6.99. The molecule has 0 aliphatic rings.